The zero-order valence-corrected chi connectivity index (χ0v) is 20.1. The van der Waals surface area contributed by atoms with E-state index in [-0.39, 0.29) is 6.01 Å². The Bertz CT molecular complexity index is 1520. The highest BCUT2D eigenvalue weighted by Crippen LogP contribution is 2.29. The summed E-state index contributed by atoms with van der Waals surface area (Å²) in [6, 6.07) is 24.3. The fourth-order valence-corrected chi connectivity index (χ4v) is 4.36. The molecule has 2 aromatic heterocycles. The van der Waals surface area contributed by atoms with Crippen molar-refractivity contribution in [3.63, 3.8) is 0 Å². The summed E-state index contributed by atoms with van der Waals surface area (Å²) >= 11 is 13.3. The molecule has 0 aliphatic rings. The maximum atomic E-state index is 5.97. The van der Waals surface area contributed by atoms with Crippen molar-refractivity contribution in [2.45, 2.75) is 6.92 Å². The lowest BCUT2D eigenvalue weighted by Gasteiger charge is -2.05. The second-order valence-electron chi connectivity index (χ2n) is 7.13. The van der Waals surface area contributed by atoms with Gasteiger partial charge in [0.15, 0.2) is 5.00 Å². The van der Waals surface area contributed by atoms with Gasteiger partial charge >= 0.3 is 6.01 Å². The minimum absolute atomic E-state index is 0.136. The molecule has 0 saturated heterocycles. The summed E-state index contributed by atoms with van der Waals surface area (Å²) < 4.78 is 7.77. The Morgan fingerprint density at radius 2 is 1.50 bits per heavy atom. The summed E-state index contributed by atoms with van der Waals surface area (Å²) in [4.78, 5) is 5.25. The van der Waals surface area contributed by atoms with E-state index in [2.05, 4.69) is 25.4 Å². The molecule has 3 aromatic carbocycles. The van der Waals surface area contributed by atoms with Crippen molar-refractivity contribution in [2.75, 3.05) is 0 Å². The van der Waals surface area contributed by atoms with Gasteiger partial charge in [-0.3, -0.25) is 4.57 Å². The molecule has 0 spiro atoms. The highest BCUT2D eigenvalue weighted by Gasteiger charge is 2.14. The van der Waals surface area contributed by atoms with Gasteiger partial charge in [0.25, 0.3) is 0 Å². The number of thiazole rings is 1. The quantitative estimate of drug-likeness (QED) is 0.227. The third-order valence-electron chi connectivity index (χ3n) is 4.82. The summed E-state index contributed by atoms with van der Waals surface area (Å²) in [5, 5.41) is 19.0. The zero-order chi connectivity index (χ0) is 23.5. The highest BCUT2D eigenvalue weighted by atomic mass is 35.5. The summed E-state index contributed by atoms with van der Waals surface area (Å²) in [6.45, 7) is 1.96. The van der Waals surface area contributed by atoms with E-state index >= 15 is 0 Å². The number of hydrogen-bond donors (Lipinski definition) is 0. The molecular formula is C24H16Cl2N6OS. The second-order valence-corrected chi connectivity index (χ2v) is 8.96. The first-order chi connectivity index (χ1) is 16.6. The minimum Gasteiger partial charge on any atom is -0.402 e. The molecule has 5 rings (SSSR count). The van der Waals surface area contributed by atoms with E-state index in [0.29, 0.717) is 31.4 Å². The molecule has 0 bridgehead atoms. The van der Waals surface area contributed by atoms with Crippen LogP contribution in [0.25, 0.3) is 17.1 Å². The van der Waals surface area contributed by atoms with Gasteiger partial charge in [-0.05, 0) is 67.6 Å². The van der Waals surface area contributed by atoms with Crippen LogP contribution in [0.1, 0.15) is 5.69 Å². The van der Waals surface area contributed by atoms with E-state index in [1.807, 2.05) is 66.1 Å². The zero-order valence-electron chi connectivity index (χ0n) is 17.8. The molecule has 0 unspecified atom stereocenters. The number of rotatable bonds is 5. The first-order valence-corrected chi connectivity index (χ1v) is 11.7. The summed E-state index contributed by atoms with van der Waals surface area (Å²) in [5.41, 5.74) is 3.27. The molecule has 0 aliphatic heterocycles. The highest BCUT2D eigenvalue weighted by molar-refractivity contribution is 7.13. The van der Waals surface area contributed by atoms with E-state index in [1.165, 1.54) is 11.3 Å². The summed E-state index contributed by atoms with van der Waals surface area (Å²) in [6.07, 6.45) is 0. The van der Waals surface area contributed by atoms with Crippen molar-refractivity contribution in [1.82, 2.24) is 14.8 Å². The van der Waals surface area contributed by atoms with Crippen molar-refractivity contribution in [1.29, 1.82) is 0 Å². The molecule has 0 aliphatic carbocycles. The molecule has 2 heterocycles. The normalized spacial score (nSPS) is 12.0. The summed E-state index contributed by atoms with van der Waals surface area (Å²) in [5.74, 6) is 0.359. The Labute approximate surface area is 208 Å². The first kappa shape index (κ1) is 22.2. The van der Waals surface area contributed by atoms with Gasteiger partial charge in [0.1, 0.15) is 0 Å². The van der Waals surface area contributed by atoms with Crippen LogP contribution in [0.4, 0.5) is 16.7 Å². The molecule has 0 fully saturated rings. The van der Waals surface area contributed by atoms with E-state index in [1.54, 1.807) is 24.3 Å². The van der Waals surface area contributed by atoms with Gasteiger partial charge in [-0.25, -0.2) is 0 Å². The Morgan fingerprint density at radius 1 is 0.824 bits per heavy atom. The Hall–Kier alpha value is -3.59. The molecule has 34 heavy (non-hydrogen) atoms. The van der Waals surface area contributed by atoms with Crippen molar-refractivity contribution in [3.05, 3.63) is 99.4 Å². The van der Waals surface area contributed by atoms with Gasteiger partial charge in [-0.15, -0.1) is 15.3 Å². The van der Waals surface area contributed by atoms with Crippen LogP contribution in [0, 0.1) is 6.92 Å². The third-order valence-corrected chi connectivity index (χ3v) is 6.35. The van der Waals surface area contributed by atoms with Crippen molar-refractivity contribution < 1.29 is 4.42 Å². The molecular weight excluding hydrogens is 491 g/mol. The van der Waals surface area contributed by atoms with Crippen LogP contribution in [0.3, 0.4) is 0 Å². The molecule has 168 valence electrons. The smallest absolute Gasteiger partial charge is 0.345 e. The minimum atomic E-state index is 0.136. The topological polar surface area (TPSA) is 80.9 Å². The lowest BCUT2D eigenvalue weighted by atomic mass is 10.2. The Kier molecular flexibility index (Phi) is 6.35. The standard InChI is InChI=1S/C24H16Cl2N6OS/c1-15-22(30-28-19-13-11-18(26)12-14-19)34-24(32(15)20-5-3-2-4-6-20)27-23-31-29-21(33-23)16-7-9-17(25)10-8-16/h2-14H,1H3. The molecule has 0 atom stereocenters. The SMILES string of the molecule is Cc1c(N=Nc2ccc(Cl)cc2)sc(=Nc2nnc(-c3ccc(Cl)cc3)o2)n1-c1ccccc1. The Morgan fingerprint density at radius 3 is 2.21 bits per heavy atom. The molecule has 0 radical (unpaired) electrons. The monoisotopic (exact) mass is 506 g/mol. The van der Waals surface area contributed by atoms with Crippen LogP contribution < -0.4 is 4.80 Å². The number of benzene rings is 3. The number of hydrogen-bond acceptors (Lipinski definition) is 7. The second kappa shape index (κ2) is 9.72. The number of azo groups is 1. The first-order valence-electron chi connectivity index (χ1n) is 10.2. The molecule has 7 nitrogen and oxygen atoms in total. The van der Waals surface area contributed by atoms with E-state index < -0.39 is 0 Å². The Balaban J connectivity index is 1.57. The maximum absolute atomic E-state index is 5.97. The molecule has 0 saturated carbocycles. The fraction of sp³-hybridized carbons (Fsp3) is 0.0417. The van der Waals surface area contributed by atoms with Gasteiger partial charge in [0.05, 0.1) is 11.4 Å². The lowest BCUT2D eigenvalue weighted by Crippen LogP contribution is -2.13. The van der Waals surface area contributed by atoms with Gasteiger partial charge < -0.3 is 4.42 Å². The van der Waals surface area contributed by atoms with Crippen molar-refractivity contribution in [3.8, 4) is 17.1 Å². The van der Waals surface area contributed by atoms with Crippen LogP contribution >= 0.6 is 34.5 Å². The molecule has 0 N–H and O–H groups in total. The predicted molar refractivity (Wildman–Crippen MR) is 134 cm³/mol. The van der Waals surface area contributed by atoms with Gasteiger partial charge in [-0.2, -0.15) is 4.99 Å². The third kappa shape index (κ3) is 4.84. The van der Waals surface area contributed by atoms with Crippen LogP contribution in [-0.2, 0) is 0 Å². The van der Waals surface area contributed by atoms with Crippen molar-refractivity contribution >= 4 is 51.2 Å². The van der Waals surface area contributed by atoms with Crippen LogP contribution in [0.15, 0.2) is 98.5 Å². The number of aromatic nitrogens is 3. The van der Waals surface area contributed by atoms with Gasteiger partial charge in [-0.1, -0.05) is 57.8 Å². The maximum Gasteiger partial charge on any atom is 0.345 e. The van der Waals surface area contributed by atoms with E-state index in [0.717, 1.165) is 16.9 Å². The fourth-order valence-electron chi connectivity index (χ4n) is 3.15. The van der Waals surface area contributed by atoms with Crippen LogP contribution in [0.5, 0.6) is 0 Å². The number of halogens is 2. The van der Waals surface area contributed by atoms with Crippen LogP contribution in [-0.4, -0.2) is 14.8 Å². The van der Waals surface area contributed by atoms with Crippen molar-refractivity contribution in [2.24, 2.45) is 15.2 Å². The lowest BCUT2D eigenvalue weighted by molar-refractivity contribution is 0.576. The van der Waals surface area contributed by atoms with Gasteiger partial charge in [0.2, 0.25) is 10.7 Å². The largest absolute Gasteiger partial charge is 0.402 e. The molecule has 5 aromatic rings. The average Bonchev–Trinajstić information content (AvgIpc) is 3.44. The van der Waals surface area contributed by atoms with E-state index in [9.17, 15) is 0 Å². The molecule has 10 heteroatoms. The van der Waals surface area contributed by atoms with Crippen LogP contribution in [0.2, 0.25) is 10.0 Å². The summed E-state index contributed by atoms with van der Waals surface area (Å²) in [7, 11) is 0. The number of para-hydroxylation sites is 1. The molecule has 0 amide bonds. The predicted octanol–water partition coefficient (Wildman–Crippen LogP) is 7.85. The number of nitrogens with zero attached hydrogens (tertiary/aromatic N) is 6. The van der Waals surface area contributed by atoms with Gasteiger partial charge in [0, 0.05) is 21.3 Å². The van der Waals surface area contributed by atoms with E-state index in [4.69, 9.17) is 27.6 Å². The average molecular weight is 507 g/mol.